The maximum absolute atomic E-state index is 12.5. The van der Waals surface area contributed by atoms with Crippen molar-refractivity contribution in [3.05, 3.63) is 28.2 Å². The predicted octanol–water partition coefficient (Wildman–Crippen LogP) is 1.61. The maximum atomic E-state index is 12.5. The third-order valence-electron chi connectivity index (χ3n) is 1.22. The van der Waals surface area contributed by atoms with Crippen LogP contribution in [0.1, 0.15) is 5.56 Å². The number of aromatic nitrogens is 1. The van der Waals surface area contributed by atoms with Crippen LogP contribution in [-0.4, -0.2) is 16.1 Å². The Morgan fingerprint density at radius 1 is 1.75 bits per heavy atom. The second kappa shape index (κ2) is 3.62. The van der Waals surface area contributed by atoms with E-state index in [0.717, 1.165) is 12.3 Å². The molecule has 0 aliphatic rings. The number of pyridine rings is 1. The zero-order valence-electron chi connectivity index (χ0n) is 5.92. The number of hydrogen-bond donors (Lipinski definition) is 1. The molecule has 0 saturated heterocycles. The molecule has 0 aliphatic carbocycles. The molecule has 64 valence electrons. The van der Waals surface area contributed by atoms with Crippen molar-refractivity contribution in [3.63, 3.8) is 0 Å². The molecule has 0 aromatic carbocycles. The highest BCUT2D eigenvalue weighted by Gasteiger charge is 2.06. The molecule has 0 unspecified atom stereocenters. The predicted molar refractivity (Wildman–Crippen MR) is 43.2 cm³/mol. The Kier molecular flexibility index (Phi) is 2.75. The molecule has 0 atom stereocenters. The smallest absolute Gasteiger partial charge is 0.307 e. The number of carboxylic acid groups (broad SMARTS) is 1. The molecule has 0 fully saturated rings. The lowest BCUT2D eigenvalue weighted by molar-refractivity contribution is -0.136. The van der Waals surface area contributed by atoms with Crippen molar-refractivity contribution >= 4 is 21.9 Å². The maximum Gasteiger partial charge on any atom is 0.307 e. The van der Waals surface area contributed by atoms with E-state index in [1.54, 1.807) is 0 Å². The van der Waals surface area contributed by atoms with E-state index in [9.17, 15) is 9.18 Å². The van der Waals surface area contributed by atoms with Gasteiger partial charge in [0.15, 0.2) is 0 Å². The van der Waals surface area contributed by atoms with Gasteiger partial charge in [0.25, 0.3) is 0 Å². The Labute approximate surface area is 76.4 Å². The van der Waals surface area contributed by atoms with Gasteiger partial charge >= 0.3 is 5.97 Å². The highest BCUT2D eigenvalue weighted by molar-refractivity contribution is 9.10. The van der Waals surface area contributed by atoms with Gasteiger partial charge in [-0.05, 0) is 27.6 Å². The summed E-state index contributed by atoms with van der Waals surface area (Å²) in [5, 5.41) is 8.41. The normalized spacial score (nSPS) is 9.83. The summed E-state index contributed by atoms with van der Waals surface area (Å²) in [6.07, 6.45) is 0.792. The highest BCUT2D eigenvalue weighted by atomic mass is 79.9. The van der Waals surface area contributed by atoms with Crippen LogP contribution in [0.15, 0.2) is 16.9 Å². The average molecular weight is 234 g/mol. The largest absolute Gasteiger partial charge is 0.481 e. The molecule has 0 aliphatic heterocycles. The van der Waals surface area contributed by atoms with Crippen LogP contribution in [0.2, 0.25) is 0 Å². The first-order valence-electron chi connectivity index (χ1n) is 3.11. The Morgan fingerprint density at radius 2 is 2.42 bits per heavy atom. The van der Waals surface area contributed by atoms with Crippen molar-refractivity contribution in [3.8, 4) is 0 Å². The molecule has 5 heteroatoms. The number of rotatable bonds is 2. The first-order valence-corrected chi connectivity index (χ1v) is 3.90. The second-order valence-corrected chi connectivity index (χ2v) is 2.93. The number of carbonyl (C=O) groups is 1. The number of aliphatic carboxylic acids is 1. The lowest BCUT2D eigenvalue weighted by atomic mass is 10.2. The van der Waals surface area contributed by atoms with Crippen LogP contribution >= 0.6 is 15.9 Å². The molecule has 12 heavy (non-hydrogen) atoms. The number of nitrogens with zero attached hydrogens (tertiary/aromatic N) is 1. The number of hydrogen-bond acceptors (Lipinski definition) is 2. The fourth-order valence-electron chi connectivity index (χ4n) is 0.751. The summed E-state index contributed by atoms with van der Waals surface area (Å²) in [4.78, 5) is 13.9. The fraction of sp³-hybridized carbons (Fsp3) is 0.143. The van der Waals surface area contributed by atoms with Crippen molar-refractivity contribution in [1.29, 1.82) is 0 Å². The monoisotopic (exact) mass is 233 g/mol. The van der Waals surface area contributed by atoms with E-state index in [0.29, 0.717) is 10.2 Å². The topological polar surface area (TPSA) is 50.2 Å². The highest BCUT2D eigenvalue weighted by Crippen LogP contribution is 2.14. The van der Waals surface area contributed by atoms with Gasteiger partial charge in [-0.25, -0.2) is 9.37 Å². The van der Waals surface area contributed by atoms with E-state index in [4.69, 9.17) is 5.11 Å². The van der Waals surface area contributed by atoms with Crippen LogP contribution in [0.5, 0.6) is 0 Å². The molecule has 0 spiro atoms. The zero-order chi connectivity index (χ0) is 9.14. The minimum absolute atomic E-state index is 0.231. The van der Waals surface area contributed by atoms with Crippen LogP contribution < -0.4 is 0 Å². The average Bonchev–Trinajstić information content (AvgIpc) is 1.96. The van der Waals surface area contributed by atoms with E-state index in [1.165, 1.54) is 0 Å². The van der Waals surface area contributed by atoms with Crippen molar-refractivity contribution < 1.29 is 14.3 Å². The zero-order valence-corrected chi connectivity index (χ0v) is 7.51. The molecule has 1 aromatic heterocycles. The third-order valence-corrected chi connectivity index (χ3v) is 1.93. The van der Waals surface area contributed by atoms with Crippen molar-refractivity contribution in [2.24, 2.45) is 0 Å². The molecule has 1 N–H and O–H groups in total. The van der Waals surface area contributed by atoms with Gasteiger partial charge in [-0.3, -0.25) is 4.79 Å². The first-order chi connectivity index (χ1) is 5.59. The summed E-state index contributed by atoms with van der Waals surface area (Å²) in [6, 6.07) is 1.14. The lowest BCUT2D eigenvalue weighted by Crippen LogP contribution is -2.02. The van der Waals surface area contributed by atoms with E-state index < -0.39 is 11.8 Å². The SMILES string of the molecule is O=C(O)Cc1cc(F)cnc1Br. The molecule has 0 saturated carbocycles. The Bertz CT molecular complexity index is 316. The first kappa shape index (κ1) is 9.12. The fourth-order valence-corrected chi connectivity index (χ4v) is 1.11. The third kappa shape index (κ3) is 2.27. The van der Waals surface area contributed by atoms with Crippen molar-refractivity contribution in [1.82, 2.24) is 4.98 Å². The molecular formula is C7H5BrFNO2. The standard InChI is InChI=1S/C7H5BrFNO2/c8-7-4(2-6(11)12)1-5(9)3-10-7/h1,3H,2H2,(H,11,12). The van der Waals surface area contributed by atoms with E-state index in [1.807, 2.05) is 0 Å². The van der Waals surface area contributed by atoms with Crippen LogP contribution in [0.3, 0.4) is 0 Å². The minimum atomic E-state index is -1.01. The van der Waals surface area contributed by atoms with Crippen LogP contribution in [-0.2, 0) is 11.2 Å². The number of halogens is 2. The summed E-state index contributed by atoms with van der Waals surface area (Å²) in [5.41, 5.74) is 0.336. The van der Waals surface area contributed by atoms with E-state index in [2.05, 4.69) is 20.9 Å². The van der Waals surface area contributed by atoms with E-state index in [-0.39, 0.29) is 6.42 Å². The molecular weight excluding hydrogens is 229 g/mol. The summed E-state index contributed by atoms with van der Waals surface area (Å²) in [6.45, 7) is 0. The molecule has 3 nitrogen and oxygen atoms in total. The Balaban J connectivity index is 2.97. The summed E-state index contributed by atoms with van der Waals surface area (Å²) in [7, 11) is 0. The van der Waals surface area contributed by atoms with Gasteiger partial charge in [-0.15, -0.1) is 0 Å². The summed E-state index contributed by atoms with van der Waals surface area (Å²) in [5.74, 6) is -1.54. The van der Waals surface area contributed by atoms with Crippen LogP contribution in [0.4, 0.5) is 4.39 Å². The van der Waals surface area contributed by atoms with Gasteiger partial charge in [-0.1, -0.05) is 0 Å². The van der Waals surface area contributed by atoms with Gasteiger partial charge in [0.1, 0.15) is 10.4 Å². The Hall–Kier alpha value is -0.970. The van der Waals surface area contributed by atoms with Gasteiger partial charge < -0.3 is 5.11 Å². The quantitative estimate of drug-likeness (QED) is 0.790. The summed E-state index contributed by atoms with van der Waals surface area (Å²) < 4.78 is 12.9. The van der Waals surface area contributed by atoms with Gasteiger partial charge in [0.05, 0.1) is 12.6 Å². The van der Waals surface area contributed by atoms with Crippen molar-refractivity contribution in [2.45, 2.75) is 6.42 Å². The number of carboxylic acids is 1. The molecule has 1 heterocycles. The molecule has 1 aromatic rings. The molecule has 0 bridgehead atoms. The summed E-state index contributed by atoms with van der Waals surface area (Å²) >= 11 is 3.02. The molecule has 0 radical (unpaired) electrons. The van der Waals surface area contributed by atoms with Crippen LogP contribution in [0.25, 0.3) is 0 Å². The van der Waals surface area contributed by atoms with Crippen molar-refractivity contribution in [2.75, 3.05) is 0 Å². The van der Waals surface area contributed by atoms with Gasteiger partial charge in [0.2, 0.25) is 0 Å². The van der Waals surface area contributed by atoms with Crippen LogP contribution in [0, 0.1) is 5.82 Å². The van der Waals surface area contributed by atoms with Gasteiger partial charge in [0, 0.05) is 0 Å². The minimum Gasteiger partial charge on any atom is -0.481 e. The molecule has 0 amide bonds. The second-order valence-electron chi connectivity index (χ2n) is 2.17. The van der Waals surface area contributed by atoms with Gasteiger partial charge in [-0.2, -0.15) is 0 Å². The van der Waals surface area contributed by atoms with E-state index >= 15 is 0 Å². The molecule has 1 rings (SSSR count). The lowest BCUT2D eigenvalue weighted by Gasteiger charge is -1.98. The Morgan fingerprint density at radius 3 is 3.00 bits per heavy atom.